The highest BCUT2D eigenvalue weighted by molar-refractivity contribution is 5.95. The number of aryl methyl sites for hydroxylation is 1. The second-order valence-electron chi connectivity index (χ2n) is 6.49. The van der Waals surface area contributed by atoms with E-state index in [0.717, 1.165) is 22.5 Å². The van der Waals surface area contributed by atoms with Crippen LogP contribution in [0.3, 0.4) is 0 Å². The number of anilines is 2. The average Bonchev–Trinajstić information content (AvgIpc) is 3.22. The van der Waals surface area contributed by atoms with E-state index in [-0.39, 0.29) is 18.4 Å². The van der Waals surface area contributed by atoms with Crippen molar-refractivity contribution in [1.82, 2.24) is 5.32 Å². The summed E-state index contributed by atoms with van der Waals surface area (Å²) in [4.78, 5) is 24.3. The van der Waals surface area contributed by atoms with E-state index in [9.17, 15) is 9.59 Å². The van der Waals surface area contributed by atoms with Crippen molar-refractivity contribution in [2.75, 3.05) is 17.2 Å². The summed E-state index contributed by atoms with van der Waals surface area (Å²) in [7, 11) is 0. The summed E-state index contributed by atoms with van der Waals surface area (Å²) >= 11 is 0. The lowest BCUT2D eigenvalue weighted by Gasteiger charge is -2.11. The van der Waals surface area contributed by atoms with Gasteiger partial charge in [0, 0.05) is 16.9 Å². The molecule has 2 aromatic carbocycles. The number of carbonyl (C=O) groups excluding carboxylic acids is 2. The van der Waals surface area contributed by atoms with Crippen LogP contribution in [-0.4, -0.2) is 18.4 Å². The molecule has 0 saturated heterocycles. The van der Waals surface area contributed by atoms with Gasteiger partial charge >= 0.3 is 0 Å². The lowest BCUT2D eigenvalue weighted by atomic mass is 10.1. The van der Waals surface area contributed by atoms with Crippen molar-refractivity contribution in [3.8, 4) is 0 Å². The molecule has 1 heterocycles. The number of amides is 2. The fourth-order valence-electron chi connectivity index (χ4n) is 2.69. The highest BCUT2D eigenvalue weighted by atomic mass is 16.3. The van der Waals surface area contributed by atoms with Crippen LogP contribution in [-0.2, 0) is 11.3 Å². The Morgan fingerprint density at radius 3 is 2.46 bits per heavy atom. The topological polar surface area (TPSA) is 83.4 Å². The number of benzene rings is 2. The first-order chi connectivity index (χ1) is 13.5. The Hall–Kier alpha value is -3.54. The molecule has 6 heteroatoms. The Morgan fingerprint density at radius 2 is 1.75 bits per heavy atom. The van der Waals surface area contributed by atoms with Crippen molar-refractivity contribution < 1.29 is 14.0 Å². The van der Waals surface area contributed by atoms with Crippen LogP contribution in [0.5, 0.6) is 0 Å². The van der Waals surface area contributed by atoms with Gasteiger partial charge in [0.2, 0.25) is 5.91 Å². The predicted molar refractivity (Wildman–Crippen MR) is 109 cm³/mol. The number of hydrogen-bond donors (Lipinski definition) is 3. The van der Waals surface area contributed by atoms with Gasteiger partial charge in [0.15, 0.2) is 0 Å². The lowest BCUT2D eigenvalue weighted by molar-refractivity contribution is -0.114. The SMILES string of the molecule is Cc1cccc(NC(=O)CNc2ccc(C(=O)NCc3ccco3)cc2)c1C. The van der Waals surface area contributed by atoms with Gasteiger partial charge in [-0.1, -0.05) is 12.1 Å². The van der Waals surface area contributed by atoms with Crippen molar-refractivity contribution in [2.24, 2.45) is 0 Å². The minimum Gasteiger partial charge on any atom is -0.467 e. The van der Waals surface area contributed by atoms with E-state index in [1.807, 2.05) is 32.0 Å². The third-order valence-corrected chi connectivity index (χ3v) is 4.48. The molecule has 28 heavy (non-hydrogen) atoms. The van der Waals surface area contributed by atoms with Crippen molar-refractivity contribution in [1.29, 1.82) is 0 Å². The molecule has 144 valence electrons. The largest absolute Gasteiger partial charge is 0.467 e. The molecule has 0 fully saturated rings. The summed E-state index contributed by atoms with van der Waals surface area (Å²) in [6, 6.07) is 16.4. The normalized spacial score (nSPS) is 10.4. The summed E-state index contributed by atoms with van der Waals surface area (Å²) in [6.45, 7) is 4.46. The summed E-state index contributed by atoms with van der Waals surface area (Å²) in [5, 5.41) is 8.76. The molecule has 2 amide bonds. The van der Waals surface area contributed by atoms with Gasteiger partial charge in [0.25, 0.3) is 5.91 Å². The summed E-state index contributed by atoms with van der Waals surface area (Å²) < 4.78 is 5.19. The van der Waals surface area contributed by atoms with Gasteiger partial charge in [0.1, 0.15) is 5.76 Å². The van der Waals surface area contributed by atoms with Crippen LogP contribution in [0.1, 0.15) is 27.2 Å². The lowest BCUT2D eigenvalue weighted by Crippen LogP contribution is -2.23. The van der Waals surface area contributed by atoms with E-state index in [2.05, 4.69) is 16.0 Å². The maximum atomic E-state index is 12.2. The zero-order valence-electron chi connectivity index (χ0n) is 15.9. The molecule has 0 aliphatic rings. The molecular weight excluding hydrogens is 354 g/mol. The van der Waals surface area contributed by atoms with Crippen molar-refractivity contribution in [2.45, 2.75) is 20.4 Å². The molecule has 0 unspecified atom stereocenters. The van der Waals surface area contributed by atoms with E-state index in [4.69, 9.17) is 4.42 Å². The minimum atomic E-state index is -0.185. The molecule has 0 bridgehead atoms. The van der Waals surface area contributed by atoms with Crippen molar-refractivity contribution >= 4 is 23.2 Å². The van der Waals surface area contributed by atoms with Gasteiger partial charge in [-0.05, 0) is 67.4 Å². The molecule has 0 atom stereocenters. The molecule has 3 aromatic rings. The van der Waals surface area contributed by atoms with E-state index < -0.39 is 0 Å². The van der Waals surface area contributed by atoms with E-state index in [1.54, 1.807) is 42.7 Å². The number of rotatable bonds is 7. The highest BCUT2D eigenvalue weighted by Crippen LogP contribution is 2.18. The molecule has 3 rings (SSSR count). The van der Waals surface area contributed by atoms with E-state index in [0.29, 0.717) is 17.9 Å². The minimum absolute atomic E-state index is 0.131. The Bertz CT molecular complexity index is 948. The monoisotopic (exact) mass is 377 g/mol. The molecule has 3 N–H and O–H groups in total. The Labute approximate surface area is 164 Å². The van der Waals surface area contributed by atoms with Crippen LogP contribution >= 0.6 is 0 Å². The summed E-state index contributed by atoms with van der Waals surface area (Å²) in [6.07, 6.45) is 1.57. The summed E-state index contributed by atoms with van der Waals surface area (Å²) in [5.74, 6) is 0.381. The van der Waals surface area contributed by atoms with E-state index in [1.165, 1.54) is 0 Å². The Kier molecular flexibility index (Phi) is 6.11. The summed E-state index contributed by atoms with van der Waals surface area (Å²) in [5.41, 5.74) is 4.30. The predicted octanol–water partition coefficient (Wildman–Crippen LogP) is 3.88. The van der Waals surface area contributed by atoms with Gasteiger partial charge in [-0.15, -0.1) is 0 Å². The third kappa shape index (κ3) is 5.01. The van der Waals surface area contributed by atoms with Gasteiger partial charge in [-0.3, -0.25) is 9.59 Å². The second-order valence-corrected chi connectivity index (χ2v) is 6.49. The molecule has 0 radical (unpaired) electrons. The Balaban J connectivity index is 1.49. The number of carbonyl (C=O) groups is 2. The first-order valence-corrected chi connectivity index (χ1v) is 9.03. The fraction of sp³-hybridized carbons (Fsp3) is 0.182. The van der Waals surface area contributed by atoms with Crippen LogP contribution in [0.15, 0.2) is 65.3 Å². The zero-order chi connectivity index (χ0) is 19.9. The molecule has 0 aliphatic heterocycles. The van der Waals surface area contributed by atoms with Crippen molar-refractivity contribution in [3.05, 3.63) is 83.3 Å². The van der Waals surface area contributed by atoms with Gasteiger partial charge in [-0.25, -0.2) is 0 Å². The molecular formula is C22H23N3O3. The van der Waals surface area contributed by atoms with Crippen LogP contribution in [0.2, 0.25) is 0 Å². The third-order valence-electron chi connectivity index (χ3n) is 4.48. The van der Waals surface area contributed by atoms with Crippen LogP contribution in [0.4, 0.5) is 11.4 Å². The zero-order valence-corrected chi connectivity index (χ0v) is 15.9. The maximum absolute atomic E-state index is 12.2. The van der Waals surface area contributed by atoms with Gasteiger partial charge < -0.3 is 20.4 Å². The number of hydrogen-bond acceptors (Lipinski definition) is 4. The fourth-order valence-corrected chi connectivity index (χ4v) is 2.69. The van der Waals surface area contributed by atoms with E-state index >= 15 is 0 Å². The van der Waals surface area contributed by atoms with Crippen LogP contribution in [0.25, 0.3) is 0 Å². The molecule has 0 spiro atoms. The first kappa shape index (κ1) is 19.2. The van der Waals surface area contributed by atoms with Crippen molar-refractivity contribution in [3.63, 3.8) is 0 Å². The molecule has 6 nitrogen and oxygen atoms in total. The molecule has 1 aromatic heterocycles. The highest BCUT2D eigenvalue weighted by Gasteiger charge is 2.08. The average molecular weight is 377 g/mol. The van der Waals surface area contributed by atoms with Gasteiger partial charge in [-0.2, -0.15) is 0 Å². The van der Waals surface area contributed by atoms with Crippen LogP contribution in [0, 0.1) is 13.8 Å². The first-order valence-electron chi connectivity index (χ1n) is 9.03. The maximum Gasteiger partial charge on any atom is 0.251 e. The second kappa shape index (κ2) is 8.90. The van der Waals surface area contributed by atoms with Gasteiger partial charge in [0.05, 0.1) is 19.4 Å². The molecule has 0 saturated carbocycles. The standard InChI is InChI=1S/C22H23N3O3/c1-15-5-3-7-20(16(15)2)25-21(26)14-23-18-10-8-17(9-11-18)22(27)24-13-19-6-4-12-28-19/h3-12,23H,13-14H2,1-2H3,(H,24,27)(H,25,26). The number of nitrogens with one attached hydrogen (secondary N) is 3. The number of furan rings is 1. The molecule has 0 aliphatic carbocycles. The smallest absolute Gasteiger partial charge is 0.251 e. The Morgan fingerprint density at radius 1 is 0.964 bits per heavy atom. The quantitative estimate of drug-likeness (QED) is 0.583. The van der Waals surface area contributed by atoms with Crippen LogP contribution < -0.4 is 16.0 Å².